The summed E-state index contributed by atoms with van der Waals surface area (Å²) in [6, 6.07) is 3.31. The van der Waals surface area contributed by atoms with E-state index in [0.29, 0.717) is 0 Å². The van der Waals surface area contributed by atoms with Gasteiger partial charge in [0.25, 0.3) is 0 Å². The van der Waals surface area contributed by atoms with Crippen LogP contribution in [0.25, 0.3) is 0 Å². The van der Waals surface area contributed by atoms with Crippen molar-refractivity contribution in [3.05, 3.63) is 28.5 Å². The summed E-state index contributed by atoms with van der Waals surface area (Å²) in [6.45, 7) is 0. The first kappa shape index (κ1) is 11.7. The van der Waals surface area contributed by atoms with Crippen LogP contribution in [0.1, 0.15) is 11.7 Å². The molecule has 0 heterocycles. The second-order valence-electron chi connectivity index (χ2n) is 2.91. The van der Waals surface area contributed by atoms with Gasteiger partial charge in [-0.15, -0.1) is 0 Å². The van der Waals surface area contributed by atoms with Crippen molar-refractivity contribution in [1.29, 1.82) is 5.26 Å². The number of nitrogens with zero attached hydrogens (tertiary/aromatic N) is 1. The molecule has 1 aromatic rings. The van der Waals surface area contributed by atoms with Crippen LogP contribution in [0.15, 0.2) is 12.1 Å². The predicted molar refractivity (Wildman–Crippen MR) is 52.4 cm³/mol. The van der Waals surface area contributed by atoms with E-state index in [1.165, 1.54) is 6.07 Å². The van der Waals surface area contributed by atoms with E-state index < -0.39 is 18.0 Å². The second kappa shape index (κ2) is 4.45. The van der Waals surface area contributed by atoms with E-state index >= 15 is 0 Å². The Morgan fingerprint density at radius 2 is 2.07 bits per heavy atom. The van der Waals surface area contributed by atoms with Crippen LogP contribution in [0.5, 0.6) is 0 Å². The number of benzene rings is 1. The smallest absolute Gasteiger partial charge is 0.170 e. The molecule has 2 unspecified atom stereocenters. The SMILES string of the molecule is N#CC(O)C(O)c1cc(F)cc(Cl)c1N. The van der Waals surface area contributed by atoms with Crippen LogP contribution in [0.2, 0.25) is 5.02 Å². The van der Waals surface area contributed by atoms with Crippen molar-refractivity contribution in [2.45, 2.75) is 12.2 Å². The molecule has 80 valence electrons. The van der Waals surface area contributed by atoms with Crippen LogP contribution < -0.4 is 5.73 Å². The van der Waals surface area contributed by atoms with E-state index in [2.05, 4.69) is 0 Å². The molecule has 2 atom stereocenters. The third-order valence-electron chi connectivity index (χ3n) is 1.88. The number of halogens is 2. The number of nitrogen functional groups attached to an aromatic ring is 1. The van der Waals surface area contributed by atoms with Gasteiger partial charge >= 0.3 is 0 Å². The Labute approximate surface area is 90.3 Å². The molecule has 0 aliphatic rings. The highest BCUT2D eigenvalue weighted by atomic mass is 35.5. The van der Waals surface area contributed by atoms with Gasteiger partial charge in [0.05, 0.1) is 16.8 Å². The third-order valence-corrected chi connectivity index (χ3v) is 2.19. The first-order chi connectivity index (χ1) is 6.97. The summed E-state index contributed by atoms with van der Waals surface area (Å²) in [5.41, 5.74) is 5.31. The number of aliphatic hydroxyl groups excluding tert-OH is 2. The number of hydrogen-bond acceptors (Lipinski definition) is 4. The highest BCUT2D eigenvalue weighted by Crippen LogP contribution is 2.30. The van der Waals surface area contributed by atoms with Gasteiger partial charge in [0.2, 0.25) is 0 Å². The lowest BCUT2D eigenvalue weighted by molar-refractivity contribution is 0.0531. The molecule has 0 aliphatic carbocycles. The summed E-state index contributed by atoms with van der Waals surface area (Å²) in [5, 5.41) is 26.8. The van der Waals surface area contributed by atoms with Crippen LogP contribution in [0.4, 0.5) is 10.1 Å². The van der Waals surface area contributed by atoms with Crippen molar-refractivity contribution in [3.63, 3.8) is 0 Å². The topological polar surface area (TPSA) is 90.3 Å². The summed E-state index contributed by atoms with van der Waals surface area (Å²) < 4.78 is 12.9. The fraction of sp³-hybridized carbons (Fsp3) is 0.222. The van der Waals surface area contributed by atoms with Crippen molar-refractivity contribution in [2.75, 3.05) is 5.73 Å². The number of hydrogen-bond donors (Lipinski definition) is 3. The van der Waals surface area contributed by atoms with E-state index in [9.17, 15) is 9.50 Å². The maximum absolute atomic E-state index is 12.9. The number of nitrogens with two attached hydrogens (primary N) is 1. The molecule has 0 saturated carbocycles. The molecular formula is C9H8ClFN2O2. The van der Waals surface area contributed by atoms with E-state index in [1.807, 2.05) is 0 Å². The summed E-state index contributed by atoms with van der Waals surface area (Å²) in [4.78, 5) is 0. The van der Waals surface area contributed by atoms with Crippen molar-refractivity contribution in [3.8, 4) is 6.07 Å². The molecule has 1 aromatic carbocycles. The minimum Gasteiger partial charge on any atom is -0.397 e. The Morgan fingerprint density at radius 3 is 2.60 bits per heavy atom. The minimum atomic E-state index is -1.68. The van der Waals surface area contributed by atoms with Crippen molar-refractivity contribution in [1.82, 2.24) is 0 Å². The Balaban J connectivity index is 3.20. The van der Waals surface area contributed by atoms with Crippen LogP contribution in [0.3, 0.4) is 0 Å². The third kappa shape index (κ3) is 2.36. The van der Waals surface area contributed by atoms with Crippen molar-refractivity contribution in [2.24, 2.45) is 0 Å². The molecule has 0 radical (unpaired) electrons. The van der Waals surface area contributed by atoms with Crippen molar-refractivity contribution < 1.29 is 14.6 Å². The zero-order valence-corrected chi connectivity index (χ0v) is 8.24. The molecule has 0 aromatic heterocycles. The molecular weight excluding hydrogens is 223 g/mol. The Kier molecular flexibility index (Phi) is 3.48. The lowest BCUT2D eigenvalue weighted by Gasteiger charge is -2.15. The summed E-state index contributed by atoms with van der Waals surface area (Å²) >= 11 is 5.57. The molecule has 0 bridgehead atoms. The molecule has 4 nitrogen and oxygen atoms in total. The maximum atomic E-state index is 12.9. The summed E-state index contributed by atoms with van der Waals surface area (Å²) in [6.07, 6.45) is -3.26. The Morgan fingerprint density at radius 1 is 1.47 bits per heavy atom. The Hall–Kier alpha value is -1.35. The van der Waals surface area contributed by atoms with Gasteiger partial charge in [-0.2, -0.15) is 5.26 Å². The van der Waals surface area contributed by atoms with Gasteiger partial charge in [0, 0.05) is 5.56 Å². The van der Waals surface area contributed by atoms with Crippen molar-refractivity contribution >= 4 is 17.3 Å². The van der Waals surface area contributed by atoms with Crippen LogP contribution in [-0.4, -0.2) is 16.3 Å². The van der Waals surface area contributed by atoms with Gasteiger partial charge in [-0.3, -0.25) is 0 Å². The normalized spacial score (nSPS) is 14.3. The van der Waals surface area contributed by atoms with Crippen LogP contribution in [-0.2, 0) is 0 Å². The lowest BCUT2D eigenvalue weighted by atomic mass is 10.0. The maximum Gasteiger partial charge on any atom is 0.170 e. The van der Waals surface area contributed by atoms with Gasteiger partial charge in [-0.05, 0) is 12.1 Å². The van der Waals surface area contributed by atoms with Gasteiger partial charge < -0.3 is 15.9 Å². The van der Waals surface area contributed by atoms with Gasteiger partial charge in [-0.25, -0.2) is 4.39 Å². The second-order valence-corrected chi connectivity index (χ2v) is 3.32. The molecule has 0 fully saturated rings. The Bertz CT molecular complexity index is 419. The number of nitriles is 1. The van der Waals surface area contributed by atoms with E-state index in [4.69, 9.17) is 27.7 Å². The van der Waals surface area contributed by atoms with E-state index in [0.717, 1.165) is 12.1 Å². The molecule has 0 amide bonds. The fourth-order valence-electron chi connectivity index (χ4n) is 1.09. The van der Waals surface area contributed by atoms with Gasteiger partial charge in [0.15, 0.2) is 6.10 Å². The number of anilines is 1. The molecule has 0 aliphatic heterocycles. The largest absolute Gasteiger partial charge is 0.397 e. The molecule has 15 heavy (non-hydrogen) atoms. The van der Waals surface area contributed by atoms with Crippen LogP contribution >= 0.6 is 11.6 Å². The quantitative estimate of drug-likeness (QED) is 0.522. The van der Waals surface area contributed by atoms with Gasteiger partial charge in [0.1, 0.15) is 11.9 Å². The fourth-order valence-corrected chi connectivity index (χ4v) is 1.30. The lowest BCUT2D eigenvalue weighted by Crippen LogP contribution is -2.17. The number of aliphatic hydroxyl groups is 2. The minimum absolute atomic E-state index is 0.0557. The number of rotatable bonds is 2. The average Bonchev–Trinajstić information content (AvgIpc) is 2.21. The molecule has 1 rings (SSSR count). The van der Waals surface area contributed by atoms with E-state index in [-0.39, 0.29) is 16.3 Å². The molecule has 0 spiro atoms. The van der Waals surface area contributed by atoms with Crippen LogP contribution in [0, 0.1) is 17.1 Å². The van der Waals surface area contributed by atoms with Gasteiger partial charge in [-0.1, -0.05) is 11.6 Å². The first-order valence-electron chi connectivity index (χ1n) is 3.97. The average molecular weight is 231 g/mol. The summed E-state index contributed by atoms with van der Waals surface area (Å²) in [7, 11) is 0. The zero-order valence-electron chi connectivity index (χ0n) is 7.48. The standard InChI is InChI=1S/C9H8ClFN2O2/c10-6-2-4(11)1-5(8(6)13)9(15)7(14)3-12/h1-2,7,9,14-15H,13H2. The monoisotopic (exact) mass is 230 g/mol. The van der Waals surface area contributed by atoms with E-state index in [1.54, 1.807) is 0 Å². The predicted octanol–water partition coefficient (Wildman–Crippen LogP) is 0.979. The molecule has 0 saturated heterocycles. The summed E-state index contributed by atoms with van der Waals surface area (Å²) in [5.74, 6) is -0.701. The molecule has 4 N–H and O–H groups in total. The highest BCUT2D eigenvalue weighted by Gasteiger charge is 2.22. The highest BCUT2D eigenvalue weighted by molar-refractivity contribution is 6.33. The zero-order chi connectivity index (χ0) is 11.6. The molecule has 6 heteroatoms. The first-order valence-corrected chi connectivity index (χ1v) is 4.35.